The summed E-state index contributed by atoms with van der Waals surface area (Å²) < 4.78 is 17.9. The van der Waals surface area contributed by atoms with E-state index >= 15 is 0 Å². The topological polar surface area (TPSA) is 79.9 Å². The summed E-state index contributed by atoms with van der Waals surface area (Å²) in [4.78, 5) is 12.5. The van der Waals surface area contributed by atoms with Crippen LogP contribution in [-0.2, 0) is 10.8 Å². The lowest BCUT2D eigenvalue weighted by atomic mass is 9.95. The van der Waals surface area contributed by atoms with Crippen LogP contribution in [0.4, 0.5) is 5.82 Å². The van der Waals surface area contributed by atoms with Gasteiger partial charge in [-0.15, -0.1) is 0 Å². The first kappa shape index (κ1) is 16.1. The molecule has 2 atom stereocenters. The van der Waals surface area contributed by atoms with Gasteiger partial charge in [0.2, 0.25) is 0 Å². The number of nitrogens with one attached hydrogen (secondary N) is 2. The molecule has 0 radical (unpaired) electrons. The summed E-state index contributed by atoms with van der Waals surface area (Å²) in [6.07, 6.45) is 3.41. The first-order chi connectivity index (χ1) is 12.1. The fourth-order valence-corrected chi connectivity index (χ4v) is 4.20. The van der Waals surface area contributed by atoms with Gasteiger partial charge in [-0.2, -0.15) is 0 Å². The van der Waals surface area contributed by atoms with Crippen LogP contribution in [0.5, 0.6) is 5.75 Å². The van der Waals surface area contributed by atoms with Gasteiger partial charge in [0.25, 0.3) is 0 Å². The van der Waals surface area contributed by atoms with Gasteiger partial charge in [-0.25, -0.2) is 9.97 Å². The Kier molecular flexibility index (Phi) is 4.17. The minimum absolute atomic E-state index is 0.0391. The molecule has 0 saturated carbocycles. The zero-order valence-electron chi connectivity index (χ0n) is 14.2. The number of aromatic amines is 1. The Morgan fingerprint density at radius 1 is 1.28 bits per heavy atom. The van der Waals surface area contributed by atoms with Crippen molar-refractivity contribution in [1.29, 1.82) is 0 Å². The average molecular weight is 356 g/mol. The maximum Gasteiger partial charge on any atom is 0.142 e. The molecule has 3 aromatic rings. The number of anilines is 1. The van der Waals surface area contributed by atoms with Crippen molar-refractivity contribution in [3.8, 4) is 5.75 Å². The molecule has 3 heterocycles. The van der Waals surface area contributed by atoms with Gasteiger partial charge in [-0.05, 0) is 29.7 Å². The minimum atomic E-state index is -1.00. The average Bonchev–Trinajstić information content (AvgIpc) is 3.09. The van der Waals surface area contributed by atoms with Crippen LogP contribution in [0.2, 0.25) is 0 Å². The lowest BCUT2D eigenvalue weighted by Gasteiger charge is -2.25. The number of benzene rings is 1. The fourth-order valence-electron chi connectivity index (χ4n) is 3.12. The molecule has 4 rings (SSSR count). The van der Waals surface area contributed by atoms with Crippen LogP contribution in [0, 0.1) is 5.92 Å². The van der Waals surface area contributed by atoms with Crippen molar-refractivity contribution in [2.45, 2.75) is 24.8 Å². The van der Waals surface area contributed by atoms with Crippen LogP contribution in [0.25, 0.3) is 11.0 Å². The first-order valence-corrected chi connectivity index (χ1v) is 9.65. The summed E-state index contributed by atoms with van der Waals surface area (Å²) in [6.45, 7) is 4.82. The summed E-state index contributed by atoms with van der Waals surface area (Å²) in [5, 5.41) is 4.49. The predicted octanol–water partition coefficient (Wildman–Crippen LogP) is 3.27. The van der Waals surface area contributed by atoms with Gasteiger partial charge in [0.15, 0.2) is 0 Å². The molecule has 1 aliphatic heterocycles. The molecule has 130 valence electrons. The molecular formula is C18H20N4O2S. The van der Waals surface area contributed by atoms with Crippen molar-refractivity contribution in [3.05, 3.63) is 42.4 Å². The highest BCUT2D eigenvalue weighted by molar-refractivity contribution is 7.85. The second-order valence-corrected chi connectivity index (χ2v) is 7.97. The molecule has 6 nitrogen and oxygen atoms in total. The molecule has 0 aliphatic carbocycles. The van der Waals surface area contributed by atoms with Gasteiger partial charge < -0.3 is 15.0 Å². The van der Waals surface area contributed by atoms with Crippen molar-refractivity contribution in [2.24, 2.45) is 5.92 Å². The van der Waals surface area contributed by atoms with Gasteiger partial charge in [0.05, 0.1) is 32.9 Å². The van der Waals surface area contributed by atoms with E-state index in [0.717, 1.165) is 33.1 Å². The van der Waals surface area contributed by atoms with E-state index in [4.69, 9.17) is 4.74 Å². The van der Waals surface area contributed by atoms with Crippen molar-refractivity contribution < 1.29 is 8.95 Å². The Hall–Kier alpha value is -2.41. The van der Waals surface area contributed by atoms with E-state index in [9.17, 15) is 4.21 Å². The molecule has 7 heteroatoms. The number of nitrogens with zero attached hydrogens (tertiary/aromatic N) is 2. The van der Waals surface area contributed by atoms with Gasteiger partial charge in [-0.3, -0.25) is 4.21 Å². The number of fused-ring (bicyclic) bond motifs is 2. The molecule has 1 aromatic carbocycles. The molecule has 0 bridgehead atoms. The molecular weight excluding hydrogens is 336 g/mol. The van der Waals surface area contributed by atoms with Crippen molar-refractivity contribution in [3.63, 3.8) is 0 Å². The summed E-state index contributed by atoms with van der Waals surface area (Å²) >= 11 is 0. The van der Waals surface area contributed by atoms with Crippen molar-refractivity contribution in [1.82, 2.24) is 15.0 Å². The number of hydrogen-bond acceptors (Lipinski definition) is 5. The lowest BCUT2D eigenvalue weighted by Crippen LogP contribution is -2.20. The van der Waals surface area contributed by atoms with Crippen LogP contribution >= 0.6 is 0 Å². The summed E-state index contributed by atoms with van der Waals surface area (Å²) in [5.41, 5.74) is 1.88. The Labute approximate surface area is 148 Å². The maximum atomic E-state index is 12.3. The number of ether oxygens (including phenoxy) is 1. The Morgan fingerprint density at radius 3 is 3.00 bits per heavy atom. The highest BCUT2D eigenvalue weighted by Crippen LogP contribution is 2.34. The second kappa shape index (κ2) is 6.48. The Balaban J connectivity index is 1.71. The standard InChI is InChI=1S/C18H20N4O2S/c1-11(2)16(22-18-13-5-6-19-17(13)20-10-21-18)12-3-4-14-15(9-12)25(23)8-7-24-14/h3-6,9-11,16H,7-8H2,1-2H3,(H2,19,20,21,22)/t16-,25?/m1/s1. The van der Waals surface area contributed by atoms with Crippen LogP contribution in [0.1, 0.15) is 25.5 Å². The van der Waals surface area contributed by atoms with Gasteiger partial charge in [0, 0.05) is 6.20 Å². The molecule has 0 fully saturated rings. The zero-order valence-corrected chi connectivity index (χ0v) is 15.0. The minimum Gasteiger partial charge on any atom is -0.491 e. The molecule has 1 aliphatic rings. The largest absolute Gasteiger partial charge is 0.491 e. The molecule has 0 spiro atoms. The van der Waals surface area contributed by atoms with E-state index in [-0.39, 0.29) is 6.04 Å². The highest BCUT2D eigenvalue weighted by Gasteiger charge is 2.23. The van der Waals surface area contributed by atoms with E-state index in [1.54, 1.807) is 6.33 Å². The van der Waals surface area contributed by atoms with Crippen molar-refractivity contribution >= 4 is 27.7 Å². The molecule has 2 aromatic heterocycles. The molecule has 1 unspecified atom stereocenters. The molecule has 2 N–H and O–H groups in total. The van der Waals surface area contributed by atoms with Gasteiger partial charge in [-0.1, -0.05) is 19.9 Å². The summed E-state index contributed by atoms with van der Waals surface area (Å²) in [7, 11) is -1.00. The predicted molar refractivity (Wildman–Crippen MR) is 98.3 cm³/mol. The maximum absolute atomic E-state index is 12.3. The quantitative estimate of drug-likeness (QED) is 0.750. The van der Waals surface area contributed by atoms with Crippen molar-refractivity contribution in [2.75, 3.05) is 17.7 Å². The number of rotatable bonds is 4. The van der Waals surface area contributed by atoms with Crippen LogP contribution in [0.3, 0.4) is 0 Å². The van der Waals surface area contributed by atoms with Gasteiger partial charge in [0.1, 0.15) is 30.1 Å². The third-order valence-corrected chi connectivity index (χ3v) is 5.76. The summed E-state index contributed by atoms with van der Waals surface area (Å²) in [6, 6.07) is 7.96. The van der Waals surface area contributed by atoms with Gasteiger partial charge >= 0.3 is 0 Å². The number of aromatic nitrogens is 3. The third-order valence-electron chi connectivity index (χ3n) is 4.41. The second-order valence-electron chi connectivity index (χ2n) is 6.43. The van der Waals surface area contributed by atoms with E-state index < -0.39 is 10.8 Å². The van der Waals surface area contributed by atoms with E-state index in [2.05, 4.69) is 34.1 Å². The van der Waals surface area contributed by atoms with E-state index in [1.807, 2.05) is 30.5 Å². The monoisotopic (exact) mass is 356 g/mol. The lowest BCUT2D eigenvalue weighted by molar-refractivity contribution is 0.326. The zero-order chi connectivity index (χ0) is 17.4. The highest BCUT2D eigenvalue weighted by atomic mass is 32.2. The number of H-pyrrole nitrogens is 1. The molecule has 0 amide bonds. The molecule has 25 heavy (non-hydrogen) atoms. The van der Waals surface area contributed by atoms with Crippen LogP contribution in [-0.4, -0.2) is 31.5 Å². The SMILES string of the molecule is CC(C)[C@@H](Nc1ncnc2[nH]ccc12)c1ccc2c(c1)S(=O)CCO2. The third kappa shape index (κ3) is 3.00. The first-order valence-electron chi connectivity index (χ1n) is 8.33. The van der Waals surface area contributed by atoms with E-state index in [0.29, 0.717) is 18.3 Å². The molecule has 0 saturated heterocycles. The Bertz CT molecular complexity index is 938. The number of hydrogen-bond donors (Lipinski definition) is 2. The van der Waals surface area contributed by atoms with E-state index in [1.165, 1.54) is 0 Å². The summed E-state index contributed by atoms with van der Waals surface area (Å²) in [5.74, 6) is 2.39. The smallest absolute Gasteiger partial charge is 0.142 e. The Morgan fingerprint density at radius 2 is 2.16 bits per heavy atom. The van der Waals surface area contributed by atoms with Crippen LogP contribution < -0.4 is 10.1 Å². The fraction of sp³-hybridized carbons (Fsp3) is 0.333. The van der Waals surface area contributed by atoms with Crippen LogP contribution in [0.15, 0.2) is 41.7 Å². The normalized spacial score (nSPS) is 18.0.